The molecule has 0 fully saturated rings. The molecule has 0 saturated carbocycles. The summed E-state index contributed by atoms with van der Waals surface area (Å²) in [7, 11) is 1.67. The maximum absolute atomic E-state index is 5.78. The van der Waals surface area contributed by atoms with Gasteiger partial charge in [-0.05, 0) is 30.2 Å². The zero-order chi connectivity index (χ0) is 14.2. The van der Waals surface area contributed by atoms with Crippen molar-refractivity contribution in [3.63, 3.8) is 0 Å². The molecule has 2 aromatic carbocycles. The third-order valence-corrected chi connectivity index (χ3v) is 3.05. The van der Waals surface area contributed by atoms with Gasteiger partial charge in [0.05, 0.1) is 7.11 Å². The van der Waals surface area contributed by atoms with Crippen molar-refractivity contribution in [2.75, 3.05) is 13.7 Å². The lowest BCUT2D eigenvalue weighted by Gasteiger charge is -2.13. The van der Waals surface area contributed by atoms with Gasteiger partial charge < -0.3 is 9.47 Å². The van der Waals surface area contributed by atoms with Crippen LogP contribution in [0.2, 0.25) is 0 Å². The van der Waals surface area contributed by atoms with E-state index in [1.807, 2.05) is 49.4 Å². The highest BCUT2D eigenvalue weighted by Gasteiger charge is 2.06. The van der Waals surface area contributed by atoms with Crippen LogP contribution in [0.25, 0.3) is 6.08 Å². The number of hydrogen-bond acceptors (Lipinski definition) is 2. The lowest BCUT2D eigenvalue weighted by Crippen LogP contribution is -2.00. The number of benzene rings is 2. The van der Waals surface area contributed by atoms with Crippen molar-refractivity contribution in [2.45, 2.75) is 13.0 Å². The summed E-state index contributed by atoms with van der Waals surface area (Å²) in [6.45, 7) is 2.70. The Morgan fingerprint density at radius 1 is 1.00 bits per heavy atom. The first-order valence-electron chi connectivity index (χ1n) is 6.82. The van der Waals surface area contributed by atoms with E-state index in [4.69, 9.17) is 9.47 Å². The molecule has 0 spiro atoms. The molecule has 0 aliphatic heterocycles. The first-order valence-corrected chi connectivity index (χ1v) is 6.82. The molecule has 0 bridgehead atoms. The van der Waals surface area contributed by atoms with Gasteiger partial charge in [-0.2, -0.15) is 0 Å². The van der Waals surface area contributed by atoms with Gasteiger partial charge in [0.1, 0.15) is 11.9 Å². The number of ether oxygens (including phenoxy) is 2. The molecule has 0 aromatic heterocycles. The van der Waals surface area contributed by atoms with Crippen LogP contribution in [-0.2, 0) is 4.74 Å². The highest BCUT2D eigenvalue weighted by molar-refractivity contribution is 5.51. The van der Waals surface area contributed by atoms with E-state index in [9.17, 15) is 0 Å². The topological polar surface area (TPSA) is 18.5 Å². The molecule has 2 heteroatoms. The molecule has 1 atom stereocenters. The zero-order valence-electron chi connectivity index (χ0n) is 12.0. The van der Waals surface area contributed by atoms with Gasteiger partial charge in [-0.15, -0.1) is 0 Å². The Labute approximate surface area is 120 Å². The van der Waals surface area contributed by atoms with Gasteiger partial charge in [0.25, 0.3) is 0 Å². The molecule has 0 saturated heterocycles. The molecule has 2 nitrogen and oxygen atoms in total. The quantitative estimate of drug-likeness (QED) is 0.768. The molecule has 0 heterocycles. The molecule has 0 N–H and O–H groups in total. The van der Waals surface area contributed by atoms with Crippen LogP contribution >= 0.6 is 0 Å². The van der Waals surface area contributed by atoms with E-state index in [1.165, 1.54) is 5.56 Å². The maximum Gasteiger partial charge on any atom is 0.118 e. The van der Waals surface area contributed by atoms with Crippen LogP contribution in [0, 0.1) is 0 Å². The van der Waals surface area contributed by atoms with E-state index in [2.05, 4.69) is 24.3 Å². The molecule has 0 radical (unpaired) electrons. The fourth-order valence-electron chi connectivity index (χ4n) is 2.00. The molecule has 1 unspecified atom stereocenters. The minimum Gasteiger partial charge on any atom is -0.497 e. The van der Waals surface area contributed by atoms with E-state index in [-0.39, 0.29) is 6.10 Å². The predicted molar refractivity (Wildman–Crippen MR) is 82.8 cm³/mol. The van der Waals surface area contributed by atoms with Gasteiger partial charge in [-0.25, -0.2) is 0 Å². The Hall–Kier alpha value is -2.06. The molecule has 2 rings (SSSR count). The standard InChI is InChI=1S/C18H20O2/c1-3-20-18(16-7-5-4-6-8-16)14-11-15-9-12-17(19-2)13-10-15/h4-14,18H,3H2,1-2H3. The average molecular weight is 268 g/mol. The van der Waals surface area contributed by atoms with Crippen molar-refractivity contribution in [2.24, 2.45) is 0 Å². The predicted octanol–water partition coefficient (Wildman–Crippen LogP) is 4.49. The van der Waals surface area contributed by atoms with Crippen molar-refractivity contribution < 1.29 is 9.47 Å². The van der Waals surface area contributed by atoms with Gasteiger partial charge in [-0.1, -0.05) is 54.6 Å². The molecule has 104 valence electrons. The summed E-state index contributed by atoms with van der Waals surface area (Å²) in [5, 5.41) is 0. The highest BCUT2D eigenvalue weighted by atomic mass is 16.5. The van der Waals surface area contributed by atoms with Gasteiger partial charge in [0.2, 0.25) is 0 Å². The lowest BCUT2D eigenvalue weighted by molar-refractivity contribution is 0.0973. The first kappa shape index (κ1) is 14.4. The molecule has 20 heavy (non-hydrogen) atoms. The van der Waals surface area contributed by atoms with E-state index >= 15 is 0 Å². The Balaban J connectivity index is 2.12. The molecular weight excluding hydrogens is 248 g/mol. The van der Waals surface area contributed by atoms with Gasteiger partial charge in [-0.3, -0.25) is 0 Å². The van der Waals surface area contributed by atoms with E-state index in [0.29, 0.717) is 6.61 Å². The van der Waals surface area contributed by atoms with Crippen LogP contribution in [0.5, 0.6) is 5.75 Å². The summed E-state index contributed by atoms with van der Waals surface area (Å²) in [5.41, 5.74) is 2.30. The van der Waals surface area contributed by atoms with Crippen LogP contribution in [-0.4, -0.2) is 13.7 Å². The number of methoxy groups -OCH3 is 1. The van der Waals surface area contributed by atoms with E-state index < -0.39 is 0 Å². The molecule has 0 amide bonds. The summed E-state index contributed by atoms with van der Waals surface area (Å²) in [4.78, 5) is 0. The van der Waals surface area contributed by atoms with Crippen molar-refractivity contribution in [3.05, 3.63) is 71.8 Å². The third kappa shape index (κ3) is 3.97. The second-order valence-corrected chi connectivity index (χ2v) is 4.42. The van der Waals surface area contributed by atoms with Crippen LogP contribution in [0.3, 0.4) is 0 Å². The van der Waals surface area contributed by atoms with Crippen molar-refractivity contribution in [1.29, 1.82) is 0 Å². The summed E-state index contributed by atoms with van der Waals surface area (Å²) in [6, 6.07) is 18.2. The van der Waals surface area contributed by atoms with Crippen LogP contribution in [0.15, 0.2) is 60.7 Å². The van der Waals surface area contributed by atoms with Gasteiger partial charge in [0, 0.05) is 6.61 Å². The van der Waals surface area contributed by atoms with Crippen molar-refractivity contribution >= 4 is 6.08 Å². The van der Waals surface area contributed by atoms with Crippen molar-refractivity contribution in [1.82, 2.24) is 0 Å². The summed E-state index contributed by atoms with van der Waals surface area (Å²) >= 11 is 0. The Morgan fingerprint density at radius 2 is 1.70 bits per heavy atom. The summed E-state index contributed by atoms with van der Waals surface area (Å²) in [6.07, 6.45) is 4.15. The molecule has 2 aromatic rings. The summed E-state index contributed by atoms with van der Waals surface area (Å²) in [5.74, 6) is 0.867. The average Bonchev–Trinajstić information content (AvgIpc) is 2.53. The lowest BCUT2D eigenvalue weighted by atomic mass is 10.1. The number of rotatable bonds is 6. The zero-order valence-corrected chi connectivity index (χ0v) is 12.0. The van der Waals surface area contributed by atoms with Crippen LogP contribution in [0.1, 0.15) is 24.2 Å². The Morgan fingerprint density at radius 3 is 2.30 bits per heavy atom. The highest BCUT2D eigenvalue weighted by Crippen LogP contribution is 2.20. The fourth-order valence-corrected chi connectivity index (χ4v) is 2.00. The second kappa shape index (κ2) is 7.51. The van der Waals surface area contributed by atoms with E-state index in [0.717, 1.165) is 11.3 Å². The van der Waals surface area contributed by atoms with Crippen LogP contribution < -0.4 is 4.74 Å². The van der Waals surface area contributed by atoms with E-state index in [1.54, 1.807) is 7.11 Å². The Kier molecular flexibility index (Phi) is 5.39. The molecular formula is C18H20O2. The monoisotopic (exact) mass is 268 g/mol. The minimum atomic E-state index is -0.0108. The summed E-state index contributed by atoms with van der Waals surface area (Å²) < 4.78 is 10.9. The SMILES string of the molecule is CCOC(C=Cc1ccc(OC)cc1)c1ccccc1. The molecule has 0 aliphatic rings. The largest absolute Gasteiger partial charge is 0.497 e. The minimum absolute atomic E-state index is 0.0108. The fraction of sp³-hybridized carbons (Fsp3) is 0.222. The first-order chi connectivity index (χ1) is 9.83. The smallest absolute Gasteiger partial charge is 0.118 e. The normalized spacial score (nSPS) is 12.5. The van der Waals surface area contributed by atoms with Crippen molar-refractivity contribution in [3.8, 4) is 5.75 Å². The third-order valence-electron chi connectivity index (χ3n) is 3.05. The maximum atomic E-state index is 5.78. The Bertz CT molecular complexity index is 529. The second-order valence-electron chi connectivity index (χ2n) is 4.42. The van der Waals surface area contributed by atoms with Gasteiger partial charge in [0.15, 0.2) is 0 Å². The molecule has 0 aliphatic carbocycles. The number of hydrogen-bond donors (Lipinski definition) is 0. The van der Waals surface area contributed by atoms with Gasteiger partial charge >= 0.3 is 0 Å². The van der Waals surface area contributed by atoms with Crippen LogP contribution in [0.4, 0.5) is 0 Å².